The third kappa shape index (κ3) is 3.24. The van der Waals surface area contributed by atoms with Crippen LogP contribution in [0.15, 0.2) is 18.2 Å². The van der Waals surface area contributed by atoms with Gasteiger partial charge in [-0.3, -0.25) is 5.32 Å². The normalized spacial score (nSPS) is 11.3. The van der Waals surface area contributed by atoms with Crippen molar-refractivity contribution in [3.8, 4) is 0 Å². The van der Waals surface area contributed by atoms with E-state index in [-0.39, 0.29) is 5.56 Å². The minimum absolute atomic E-state index is 0.107. The third-order valence-corrected chi connectivity index (χ3v) is 3.19. The van der Waals surface area contributed by atoms with E-state index in [9.17, 15) is 9.59 Å². The Kier molecular flexibility index (Phi) is 3.63. The van der Waals surface area contributed by atoms with Gasteiger partial charge in [0.05, 0.1) is 15.8 Å². The lowest BCUT2D eigenvalue weighted by molar-refractivity contribution is 0.0634. The lowest BCUT2D eigenvalue weighted by atomic mass is 10.2. The molecule has 0 unspecified atom stereocenters. The van der Waals surface area contributed by atoms with E-state index in [0.29, 0.717) is 15.3 Å². The number of nitrogens with zero attached hydrogens (tertiary/aromatic N) is 1. The smallest absolute Gasteiger partial charge is 0.413 e. The number of hydrogen-bond donors (Lipinski definition) is 2. The first-order chi connectivity index (χ1) is 9.26. The second kappa shape index (κ2) is 5.09. The molecule has 7 heteroatoms. The molecule has 0 radical (unpaired) electrons. The molecule has 2 N–H and O–H groups in total. The average molecular weight is 294 g/mol. The largest absolute Gasteiger partial charge is 0.478 e. The number of thiazole rings is 1. The summed E-state index contributed by atoms with van der Waals surface area (Å²) in [4.78, 5) is 26.9. The number of carbonyl (C=O) groups is 2. The Hall–Kier alpha value is -2.15. The van der Waals surface area contributed by atoms with Crippen LogP contribution in [0.3, 0.4) is 0 Å². The van der Waals surface area contributed by atoms with Gasteiger partial charge >= 0.3 is 12.1 Å². The van der Waals surface area contributed by atoms with Crippen molar-refractivity contribution in [2.24, 2.45) is 0 Å². The minimum Gasteiger partial charge on any atom is -0.478 e. The van der Waals surface area contributed by atoms with Gasteiger partial charge in [-0.1, -0.05) is 17.4 Å². The summed E-state index contributed by atoms with van der Waals surface area (Å²) in [7, 11) is 0. The Morgan fingerprint density at radius 1 is 1.35 bits per heavy atom. The number of para-hydroxylation sites is 1. The van der Waals surface area contributed by atoms with E-state index >= 15 is 0 Å². The van der Waals surface area contributed by atoms with Gasteiger partial charge in [0, 0.05) is 0 Å². The molecule has 106 valence electrons. The van der Waals surface area contributed by atoms with Crippen LogP contribution in [0.4, 0.5) is 9.93 Å². The first kappa shape index (κ1) is 14.3. The monoisotopic (exact) mass is 294 g/mol. The van der Waals surface area contributed by atoms with Gasteiger partial charge in [-0.2, -0.15) is 0 Å². The fourth-order valence-electron chi connectivity index (χ4n) is 1.57. The summed E-state index contributed by atoms with van der Waals surface area (Å²) < 4.78 is 5.81. The molecule has 2 rings (SSSR count). The van der Waals surface area contributed by atoms with Crippen molar-refractivity contribution in [3.05, 3.63) is 23.8 Å². The summed E-state index contributed by atoms with van der Waals surface area (Å²) in [5.41, 5.74) is -0.139. The lowest BCUT2D eigenvalue weighted by Crippen LogP contribution is -2.27. The van der Waals surface area contributed by atoms with Crippen LogP contribution in [-0.2, 0) is 4.74 Å². The Labute approximate surface area is 119 Å². The van der Waals surface area contributed by atoms with Crippen molar-refractivity contribution in [3.63, 3.8) is 0 Å². The Morgan fingerprint density at radius 3 is 2.65 bits per heavy atom. The van der Waals surface area contributed by atoms with Gasteiger partial charge in [0.2, 0.25) is 0 Å². The predicted octanol–water partition coefficient (Wildman–Crippen LogP) is 3.34. The number of amides is 1. The standard InChI is InChI=1S/C13H14N2O4S/c1-13(2,3)19-12(18)15-11-14-9-7(10(16)17)5-4-6-8(9)20-11/h4-6H,1-3H3,(H,16,17)(H,14,15,18). The highest BCUT2D eigenvalue weighted by molar-refractivity contribution is 7.22. The fraction of sp³-hybridized carbons (Fsp3) is 0.308. The second-order valence-electron chi connectivity index (χ2n) is 5.10. The summed E-state index contributed by atoms with van der Waals surface area (Å²) in [5.74, 6) is -1.05. The predicted molar refractivity (Wildman–Crippen MR) is 76.4 cm³/mol. The van der Waals surface area contributed by atoms with Crippen LogP contribution in [0.5, 0.6) is 0 Å². The molecule has 1 aromatic heterocycles. The number of benzene rings is 1. The highest BCUT2D eigenvalue weighted by atomic mass is 32.1. The van der Waals surface area contributed by atoms with Gasteiger partial charge in [0.25, 0.3) is 0 Å². The number of carboxylic acid groups (broad SMARTS) is 1. The van der Waals surface area contributed by atoms with E-state index in [0.717, 1.165) is 0 Å². The first-order valence-electron chi connectivity index (χ1n) is 5.89. The van der Waals surface area contributed by atoms with E-state index in [4.69, 9.17) is 9.84 Å². The number of aromatic nitrogens is 1. The van der Waals surface area contributed by atoms with E-state index in [1.54, 1.807) is 32.9 Å². The number of hydrogen-bond acceptors (Lipinski definition) is 5. The van der Waals surface area contributed by atoms with Crippen LogP contribution in [0.2, 0.25) is 0 Å². The summed E-state index contributed by atoms with van der Waals surface area (Å²) in [5, 5.41) is 11.9. The molecule has 0 aliphatic carbocycles. The number of carbonyl (C=O) groups excluding carboxylic acids is 1. The van der Waals surface area contributed by atoms with E-state index in [2.05, 4.69) is 10.3 Å². The van der Waals surface area contributed by atoms with Crippen LogP contribution < -0.4 is 5.32 Å². The third-order valence-electron chi connectivity index (χ3n) is 2.26. The lowest BCUT2D eigenvalue weighted by Gasteiger charge is -2.18. The van der Waals surface area contributed by atoms with Gasteiger partial charge in [-0.15, -0.1) is 0 Å². The average Bonchev–Trinajstić information content (AvgIpc) is 2.67. The van der Waals surface area contributed by atoms with Gasteiger partial charge in [0.15, 0.2) is 5.13 Å². The van der Waals surface area contributed by atoms with E-state index in [1.807, 2.05) is 0 Å². The SMILES string of the molecule is CC(C)(C)OC(=O)Nc1nc2c(C(=O)O)cccc2s1. The molecule has 2 aromatic rings. The maximum atomic E-state index is 11.6. The Morgan fingerprint density at radius 2 is 2.05 bits per heavy atom. The summed E-state index contributed by atoms with van der Waals surface area (Å²) in [6.45, 7) is 5.27. The van der Waals surface area contributed by atoms with Crippen molar-refractivity contribution < 1.29 is 19.4 Å². The molecular formula is C13H14N2O4S. The minimum atomic E-state index is -1.05. The molecule has 0 spiro atoms. The molecule has 0 aliphatic heterocycles. The van der Waals surface area contributed by atoms with E-state index < -0.39 is 17.7 Å². The van der Waals surface area contributed by atoms with Crippen molar-refractivity contribution in [1.29, 1.82) is 0 Å². The van der Waals surface area contributed by atoms with Gasteiger partial charge in [-0.25, -0.2) is 14.6 Å². The fourth-order valence-corrected chi connectivity index (χ4v) is 2.44. The maximum absolute atomic E-state index is 11.6. The van der Waals surface area contributed by atoms with Crippen LogP contribution in [0.1, 0.15) is 31.1 Å². The quantitative estimate of drug-likeness (QED) is 0.886. The topological polar surface area (TPSA) is 88.5 Å². The molecule has 1 heterocycles. The number of rotatable bonds is 2. The summed E-state index contributed by atoms with van der Waals surface area (Å²) in [6.07, 6.45) is -0.617. The molecule has 1 aromatic carbocycles. The van der Waals surface area contributed by atoms with Crippen LogP contribution in [-0.4, -0.2) is 27.8 Å². The van der Waals surface area contributed by atoms with Crippen LogP contribution in [0.25, 0.3) is 10.2 Å². The Balaban J connectivity index is 2.27. The number of ether oxygens (including phenoxy) is 1. The highest BCUT2D eigenvalue weighted by Gasteiger charge is 2.18. The molecule has 0 bridgehead atoms. The van der Waals surface area contributed by atoms with Gasteiger partial charge < -0.3 is 9.84 Å². The molecule has 0 aliphatic rings. The summed E-state index contributed by atoms with van der Waals surface area (Å²) in [6, 6.07) is 4.86. The zero-order valence-corrected chi connectivity index (χ0v) is 12.1. The zero-order chi connectivity index (χ0) is 14.9. The molecule has 0 saturated heterocycles. The van der Waals surface area contributed by atoms with Crippen molar-refractivity contribution in [2.45, 2.75) is 26.4 Å². The first-order valence-corrected chi connectivity index (χ1v) is 6.71. The summed E-state index contributed by atoms with van der Waals surface area (Å²) >= 11 is 1.20. The number of fused-ring (bicyclic) bond motifs is 1. The number of nitrogens with one attached hydrogen (secondary N) is 1. The number of aromatic carboxylic acids is 1. The molecule has 20 heavy (non-hydrogen) atoms. The number of anilines is 1. The van der Waals surface area contributed by atoms with Crippen molar-refractivity contribution >= 4 is 38.7 Å². The molecule has 0 fully saturated rings. The van der Waals surface area contributed by atoms with E-state index in [1.165, 1.54) is 17.4 Å². The van der Waals surface area contributed by atoms with Crippen molar-refractivity contribution in [2.75, 3.05) is 5.32 Å². The van der Waals surface area contributed by atoms with Crippen LogP contribution >= 0.6 is 11.3 Å². The highest BCUT2D eigenvalue weighted by Crippen LogP contribution is 2.28. The molecule has 0 saturated carbocycles. The zero-order valence-electron chi connectivity index (χ0n) is 11.3. The van der Waals surface area contributed by atoms with Crippen molar-refractivity contribution in [1.82, 2.24) is 4.98 Å². The van der Waals surface area contributed by atoms with Gasteiger partial charge in [0.1, 0.15) is 5.60 Å². The molecule has 0 atom stereocenters. The second-order valence-corrected chi connectivity index (χ2v) is 6.13. The van der Waals surface area contributed by atoms with Gasteiger partial charge in [-0.05, 0) is 32.9 Å². The molecule has 6 nitrogen and oxygen atoms in total. The molecular weight excluding hydrogens is 280 g/mol. The number of carboxylic acids is 1. The Bertz CT molecular complexity index is 673. The van der Waals surface area contributed by atoms with Crippen LogP contribution in [0, 0.1) is 0 Å². The maximum Gasteiger partial charge on any atom is 0.413 e. The molecule has 1 amide bonds.